The van der Waals surface area contributed by atoms with Crippen LogP contribution in [0.5, 0.6) is 0 Å². The third kappa shape index (κ3) is 3.31. The van der Waals surface area contributed by atoms with Gasteiger partial charge in [-0.15, -0.1) is 0 Å². The molecule has 3 N–H and O–H groups in total. The molecule has 0 bridgehead atoms. The monoisotopic (exact) mass is 336 g/mol. The van der Waals surface area contributed by atoms with Crippen molar-refractivity contribution < 1.29 is 17.9 Å². The van der Waals surface area contributed by atoms with Gasteiger partial charge in [0.1, 0.15) is 4.90 Å². The molecule has 1 aromatic carbocycles. The molecule has 1 aliphatic rings. The van der Waals surface area contributed by atoms with Crippen LogP contribution in [-0.2, 0) is 10.0 Å². The van der Waals surface area contributed by atoms with Crippen LogP contribution >= 0.6 is 11.6 Å². The Hall–Kier alpha value is -0.890. The Morgan fingerprint density at radius 2 is 2.00 bits per heavy atom. The molecule has 1 aromatic rings. The number of nitrogens with zero attached hydrogens (tertiary/aromatic N) is 1. The number of sulfonamides is 1. The predicted molar refractivity (Wildman–Crippen MR) is 79.1 cm³/mol. The summed E-state index contributed by atoms with van der Waals surface area (Å²) in [5, 5.41) is 8.81. The van der Waals surface area contributed by atoms with E-state index in [4.69, 9.17) is 22.4 Å². The molecular weight excluding hydrogens is 319 g/mol. The molecule has 0 unspecified atom stereocenters. The maximum absolute atomic E-state index is 14.1. The van der Waals surface area contributed by atoms with E-state index < -0.39 is 20.7 Å². The van der Waals surface area contributed by atoms with Crippen LogP contribution in [0.1, 0.15) is 25.7 Å². The second kappa shape index (κ2) is 6.48. The number of nitrogens with two attached hydrogens (primary N) is 1. The number of nitrogen functional groups attached to an aromatic ring is 1. The summed E-state index contributed by atoms with van der Waals surface area (Å²) in [5.74, 6) is -1.01. The number of anilines is 1. The lowest BCUT2D eigenvalue weighted by Gasteiger charge is -2.27. The summed E-state index contributed by atoms with van der Waals surface area (Å²) in [6.07, 6.45) is 3.25. The van der Waals surface area contributed by atoms with Gasteiger partial charge < -0.3 is 10.8 Å². The number of hydrogen-bond donors (Lipinski definition) is 2. The van der Waals surface area contributed by atoms with Crippen molar-refractivity contribution in [3.8, 4) is 0 Å². The van der Waals surface area contributed by atoms with E-state index in [1.54, 1.807) is 0 Å². The van der Waals surface area contributed by atoms with Crippen LogP contribution in [0.3, 0.4) is 0 Å². The van der Waals surface area contributed by atoms with E-state index >= 15 is 0 Å². The molecule has 2 rings (SSSR count). The number of rotatable bonds is 5. The lowest BCUT2D eigenvalue weighted by Crippen LogP contribution is -2.41. The molecule has 1 aliphatic carbocycles. The highest BCUT2D eigenvalue weighted by atomic mass is 35.5. The molecule has 8 heteroatoms. The van der Waals surface area contributed by atoms with E-state index in [-0.39, 0.29) is 29.9 Å². The number of aliphatic hydroxyl groups is 1. The second-order valence-electron chi connectivity index (χ2n) is 5.09. The third-order valence-corrected chi connectivity index (χ3v) is 5.88. The molecule has 0 aromatic heterocycles. The van der Waals surface area contributed by atoms with E-state index in [9.17, 15) is 12.8 Å². The zero-order valence-electron chi connectivity index (χ0n) is 11.4. The summed E-state index contributed by atoms with van der Waals surface area (Å²) in [4.78, 5) is -0.534. The quantitative estimate of drug-likeness (QED) is 0.805. The molecule has 1 fully saturated rings. The summed E-state index contributed by atoms with van der Waals surface area (Å²) in [5.41, 5.74) is 5.65. The number of halogens is 2. The minimum atomic E-state index is -4.09. The molecule has 5 nitrogen and oxygen atoms in total. The van der Waals surface area contributed by atoms with Gasteiger partial charge in [0, 0.05) is 18.3 Å². The van der Waals surface area contributed by atoms with Gasteiger partial charge in [0.2, 0.25) is 10.0 Å². The van der Waals surface area contributed by atoms with Crippen molar-refractivity contribution in [2.45, 2.75) is 36.6 Å². The van der Waals surface area contributed by atoms with Crippen molar-refractivity contribution in [3.63, 3.8) is 0 Å². The highest BCUT2D eigenvalue weighted by Crippen LogP contribution is 2.32. The maximum Gasteiger partial charge on any atom is 0.246 e. The topological polar surface area (TPSA) is 83.6 Å². The Kier molecular flexibility index (Phi) is 5.08. The van der Waals surface area contributed by atoms with Crippen molar-refractivity contribution in [2.24, 2.45) is 0 Å². The van der Waals surface area contributed by atoms with Gasteiger partial charge in [-0.1, -0.05) is 24.4 Å². The fourth-order valence-electron chi connectivity index (χ4n) is 2.69. The van der Waals surface area contributed by atoms with Crippen molar-refractivity contribution in [3.05, 3.63) is 23.0 Å². The van der Waals surface area contributed by atoms with E-state index in [2.05, 4.69) is 0 Å². The molecule has 0 heterocycles. The molecule has 0 atom stereocenters. The van der Waals surface area contributed by atoms with Crippen molar-refractivity contribution in [1.82, 2.24) is 4.31 Å². The van der Waals surface area contributed by atoms with Crippen molar-refractivity contribution >= 4 is 27.3 Å². The Balaban J connectivity index is 2.47. The number of aliphatic hydroxyl groups excluding tert-OH is 1. The van der Waals surface area contributed by atoms with Gasteiger partial charge in [0.25, 0.3) is 0 Å². The van der Waals surface area contributed by atoms with Crippen LogP contribution in [0.2, 0.25) is 5.02 Å². The summed E-state index contributed by atoms with van der Waals surface area (Å²) < 4.78 is 40.7. The minimum Gasteiger partial charge on any atom is -0.399 e. The van der Waals surface area contributed by atoms with Crippen LogP contribution in [0, 0.1) is 5.82 Å². The van der Waals surface area contributed by atoms with E-state index in [0.717, 1.165) is 23.2 Å². The molecule has 0 spiro atoms. The maximum atomic E-state index is 14.1. The van der Waals surface area contributed by atoms with Gasteiger partial charge in [0.05, 0.1) is 11.6 Å². The van der Waals surface area contributed by atoms with Crippen LogP contribution in [-0.4, -0.2) is 37.0 Å². The first-order valence-corrected chi connectivity index (χ1v) is 8.57. The number of benzene rings is 1. The molecule has 0 radical (unpaired) electrons. The Morgan fingerprint density at radius 3 is 2.57 bits per heavy atom. The van der Waals surface area contributed by atoms with Crippen LogP contribution in [0.4, 0.5) is 10.1 Å². The molecule has 0 amide bonds. The standard InChI is InChI=1S/C13H18ClFN2O3S/c14-11-7-9(16)8-12(13(11)15)21(19,20)17(5-6-18)10-3-1-2-4-10/h7-8,10,18H,1-6,16H2. The van der Waals surface area contributed by atoms with Gasteiger partial charge in [-0.25, -0.2) is 12.8 Å². The fourth-order valence-corrected chi connectivity index (χ4v) is 4.77. The lowest BCUT2D eigenvalue weighted by atomic mass is 10.2. The van der Waals surface area contributed by atoms with E-state index in [0.29, 0.717) is 12.8 Å². The normalized spacial score (nSPS) is 16.8. The zero-order chi connectivity index (χ0) is 15.6. The highest BCUT2D eigenvalue weighted by Gasteiger charge is 2.35. The van der Waals surface area contributed by atoms with E-state index in [1.807, 2.05) is 0 Å². The van der Waals surface area contributed by atoms with Crippen LogP contribution < -0.4 is 5.73 Å². The van der Waals surface area contributed by atoms with Gasteiger partial charge in [-0.3, -0.25) is 0 Å². The van der Waals surface area contributed by atoms with E-state index in [1.165, 1.54) is 6.07 Å². The first-order valence-electron chi connectivity index (χ1n) is 6.75. The average molecular weight is 337 g/mol. The second-order valence-corrected chi connectivity index (χ2v) is 7.36. The SMILES string of the molecule is Nc1cc(Cl)c(F)c(S(=O)(=O)N(CCO)C2CCCC2)c1. The van der Waals surface area contributed by atoms with Gasteiger partial charge >= 0.3 is 0 Å². The third-order valence-electron chi connectivity index (χ3n) is 3.66. The molecule has 1 saturated carbocycles. The minimum absolute atomic E-state index is 0.0706. The first-order chi connectivity index (χ1) is 9.87. The average Bonchev–Trinajstić information content (AvgIpc) is 2.93. The first kappa shape index (κ1) is 16.5. The summed E-state index contributed by atoms with van der Waals surface area (Å²) in [6.45, 7) is -0.397. The van der Waals surface area contributed by atoms with Crippen LogP contribution in [0.25, 0.3) is 0 Å². The van der Waals surface area contributed by atoms with Crippen molar-refractivity contribution in [1.29, 1.82) is 0 Å². The fraction of sp³-hybridized carbons (Fsp3) is 0.538. The molecule has 21 heavy (non-hydrogen) atoms. The van der Waals surface area contributed by atoms with Crippen LogP contribution in [0.15, 0.2) is 17.0 Å². The predicted octanol–water partition coefficient (Wildman–Crippen LogP) is 1.99. The molecule has 118 valence electrons. The molecular formula is C13H18ClFN2O3S. The Morgan fingerprint density at radius 1 is 1.38 bits per heavy atom. The Labute approximate surface area is 128 Å². The zero-order valence-corrected chi connectivity index (χ0v) is 13.0. The lowest BCUT2D eigenvalue weighted by molar-refractivity contribution is 0.226. The summed E-state index contributed by atoms with van der Waals surface area (Å²) >= 11 is 5.68. The Bertz CT molecular complexity index is 618. The number of hydrogen-bond acceptors (Lipinski definition) is 4. The van der Waals surface area contributed by atoms with Gasteiger partial charge in [0.15, 0.2) is 5.82 Å². The van der Waals surface area contributed by atoms with Crippen molar-refractivity contribution in [2.75, 3.05) is 18.9 Å². The molecule has 0 aliphatic heterocycles. The van der Waals surface area contributed by atoms with Gasteiger partial charge in [-0.2, -0.15) is 4.31 Å². The summed E-state index contributed by atoms with van der Waals surface area (Å²) in [7, 11) is -4.09. The largest absolute Gasteiger partial charge is 0.399 e. The molecule has 0 saturated heterocycles. The smallest absolute Gasteiger partial charge is 0.246 e. The summed E-state index contributed by atoms with van der Waals surface area (Å²) in [6, 6.07) is 2.01. The van der Waals surface area contributed by atoms with Gasteiger partial charge in [-0.05, 0) is 25.0 Å². The highest BCUT2D eigenvalue weighted by molar-refractivity contribution is 7.89.